The molecule has 0 aliphatic heterocycles. The van der Waals surface area contributed by atoms with Gasteiger partial charge in [-0.25, -0.2) is 4.79 Å². The van der Waals surface area contributed by atoms with Crippen LogP contribution in [0.25, 0.3) is 21.8 Å². The molecule has 2 aromatic carbocycles. The first kappa shape index (κ1) is 30.8. The van der Waals surface area contributed by atoms with E-state index >= 15 is 0 Å². The third-order valence-corrected chi connectivity index (χ3v) is 7.23. The van der Waals surface area contributed by atoms with Crippen molar-refractivity contribution in [2.45, 2.75) is 56.8 Å². The number of hydrogen-bond donors (Lipinski definition) is 8. The van der Waals surface area contributed by atoms with Crippen LogP contribution in [0, 0.1) is 0 Å². The summed E-state index contributed by atoms with van der Waals surface area (Å²) in [5.74, 6) is -4.08. The summed E-state index contributed by atoms with van der Waals surface area (Å²) in [5.41, 5.74) is 14.6. The minimum absolute atomic E-state index is 0.0254. The number of aliphatic carboxylic acids is 1. The molecule has 4 unspecified atom stereocenters. The second-order valence-corrected chi connectivity index (χ2v) is 10.4. The molecule has 0 spiro atoms. The van der Waals surface area contributed by atoms with Crippen LogP contribution in [-0.4, -0.2) is 68.8 Å². The van der Waals surface area contributed by atoms with Crippen LogP contribution in [0.5, 0.6) is 0 Å². The number of nitrogens with two attached hydrogens (primary N) is 2. The average Bonchev–Trinajstić information content (AvgIpc) is 3.58. The molecule has 4 atom stereocenters. The van der Waals surface area contributed by atoms with Gasteiger partial charge in [0.15, 0.2) is 0 Å². The standard InChI is InChI=1S/C30H35N7O6/c1-16(35-28(40)21(31)12-17-14-33-22-8-4-2-6-19(17)22)27(39)36-24(10-11-26(32)38)29(41)37-25(30(42)43)13-18-15-34-23-9-5-3-7-20(18)23/h2-9,14-16,21,24-25,33-34H,10-13,31H2,1H3,(H2,32,38)(H,35,40)(H,36,39)(H,37,41)(H,42,43). The van der Waals surface area contributed by atoms with Gasteiger partial charge in [0.05, 0.1) is 6.04 Å². The molecule has 0 saturated heterocycles. The fourth-order valence-electron chi connectivity index (χ4n) is 4.86. The number of para-hydroxylation sites is 2. The number of rotatable bonds is 14. The highest BCUT2D eigenvalue weighted by atomic mass is 16.4. The third-order valence-electron chi connectivity index (χ3n) is 7.23. The van der Waals surface area contributed by atoms with Gasteiger partial charge in [0, 0.05) is 47.0 Å². The molecule has 2 aromatic heterocycles. The van der Waals surface area contributed by atoms with Gasteiger partial charge in [-0.05, 0) is 43.0 Å². The van der Waals surface area contributed by atoms with Gasteiger partial charge in [-0.15, -0.1) is 0 Å². The second kappa shape index (κ2) is 13.7. The fourth-order valence-corrected chi connectivity index (χ4v) is 4.86. The van der Waals surface area contributed by atoms with Crippen molar-refractivity contribution in [3.63, 3.8) is 0 Å². The lowest BCUT2D eigenvalue weighted by molar-refractivity contribution is -0.142. The Kier molecular flexibility index (Phi) is 9.78. The molecule has 0 aliphatic rings. The molecule has 4 amide bonds. The first-order valence-electron chi connectivity index (χ1n) is 13.8. The molecule has 2 heterocycles. The van der Waals surface area contributed by atoms with Crippen molar-refractivity contribution in [3.05, 3.63) is 72.1 Å². The van der Waals surface area contributed by atoms with E-state index in [-0.39, 0.29) is 25.7 Å². The van der Waals surface area contributed by atoms with Crippen molar-refractivity contribution < 1.29 is 29.1 Å². The van der Waals surface area contributed by atoms with Gasteiger partial charge in [0.1, 0.15) is 18.1 Å². The number of H-pyrrole nitrogens is 2. The largest absolute Gasteiger partial charge is 0.480 e. The monoisotopic (exact) mass is 589 g/mol. The zero-order valence-electron chi connectivity index (χ0n) is 23.6. The van der Waals surface area contributed by atoms with Crippen LogP contribution in [0.15, 0.2) is 60.9 Å². The Labute approximate surface area is 246 Å². The number of carbonyl (C=O) groups excluding carboxylic acids is 4. The molecule has 43 heavy (non-hydrogen) atoms. The molecule has 13 heteroatoms. The smallest absolute Gasteiger partial charge is 0.326 e. The molecule has 4 rings (SSSR count). The lowest BCUT2D eigenvalue weighted by Gasteiger charge is -2.23. The molecule has 10 N–H and O–H groups in total. The summed E-state index contributed by atoms with van der Waals surface area (Å²) in [6, 6.07) is 10.3. The Hall–Kier alpha value is -5.17. The summed E-state index contributed by atoms with van der Waals surface area (Å²) in [6.07, 6.45) is 3.23. The number of primary amides is 1. The van der Waals surface area contributed by atoms with E-state index in [0.717, 1.165) is 27.4 Å². The van der Waals surface area contributed by atoms with Crippen molar-refractivity contribution >= 4 is 51.4 Å². The molecule has 0 radical (unpaired) electrons. The van der Waals surface area contributed by atoms with Gasteiger partial charge < -0.3 is 42.5 Å². The Balaban J connectivity index is 1.38. The Bertz CT molecular complexity index is 1640. The minimum Gasteiger partial charge on any atom is -0.480 e. The van der Waals surface area contributed by atoms with Crippen LogP contribution in [0.2, 0.25) is 0 Å². The number of benzene rings is 2. The SMILES string of the molecule is CC(NC(=O)C(N)Cc1c[nH]c2ccccc12)C(=O)NC(CCC(N)=O)C(=O)NC(Cc1c[nH]c2ccccc12)C(=O)O. The maximum atomic E-state index is 13.2. The zero-order valence-corrected chi connectivity index (χ0v) is 23.6. The second-order valence-electron chi connectivity index (χ2n) is 10.4. The molecule has 4 aromatic rings. The molecule has 226 valence electrons. The molecular formula is C30H35N7O6. The molecule has 0 saturated carbocycles. The van der Waals surface area contributed by atoms with Crippen LogP contribution in [0.1, 0.15) is 30.9 Å². The summed E-state index contributed by atoms with van der Waals surface area (Å²) >= 11 is 0. The summed E-state index contributed by atoms with van der Waals surface area (Å²) in [4.78, 5) is 68.6. The number of aromatic nitrogens is 2. The highest BCUT2D eigenvalue weighted by Gasteiger charge is 2.30. The van der Waals surface area contributed by atoms with Crippen molar-refractivity contribution in [2.75, 3.05) is 0 Å². The first-order chi connectivity index (χ1) is 20.5. The van der Waals surface area contributed by atoms with Crippen LogP contribution in [0.4, 0.5) is 0 Å². The highest BCUT2D eigenvalue weighted by molar-refractivity contribution is 5.95. The quantitative estimate of drug-likeness (QED) is 0.104. The summed E-state index contributed by atoms with van der Waals surface area (Å²) in [7, 11) is 0. The third kappa shape index (κ3) is 7.77. The number of carboxylic acids is 1. The lowest BCUT2D eigenvalue weighted by Crippen LogP contribution is -2.56. The average molecular weight is 590 g/mol. The summed E-state index contributed by atoms with van der Waals surface area (Å²) in [6.45, 7) is 1.42. The minimum atomic E-state index is -1.32. The summed E-state index contributed by atoms with van der Waals surface area (Å²) in [5, 5.41) is 19.1. The van der Waals surface area contributed by atoms with E-state index in [4.69, 9.17) is 11.5 Å². The van der Waals surface area contributed by atoms with E-state index in [2.05, 4.69) is 25.9 Å². The Morgan fingerprint density at radius 2 is 1.30 bits per heavy atom. The predicted molar refractivity (Wildman–Crippen MR) is 160 cm³/mol. The van der Waals surface area contributed by atoms with E-state index in [9.17, 15) is 29.1 Å². The number of nitrogens with one attached hydrogen (secondary N) is 5. The Morgan fingerprint density at radius 1 is 0.767 bits per heavy atom. The topological polar surface area (TPSA) is 225 Å². The molecule has 13 nitrogen and oxygen atoms in total. The maximum absolute atomic E-state index is 13.2. The van der Waals surface area contributed by atoms with Gasteiger partial charge in [0.2, 0.25) is 23.6 Å². The van der Waals surface area contributed by atoms with Crippen LogP contribution in [-0.2, 0) is 36.8 Å². The number of aromatic amines is 2. The number of fused-ring (bicyclic) bond motifs is 2. The molecule has 0 fully saturated rings. The van der Waals surface area contributed by atoms with Crippen molar-refractivity contribution in [2.24, 2.45) is 11.5 Å². The fraction of sp³-hybridized carbons (Fsp3) is 0.300. The highest BCUT2D eigenvalue weighted by Crippen LogP contribution is 2.20. The lowest BCUT2D eigenvalue weighted by atomic mass is 10.0. The van der Waals surface area contributed by atoms with Crippen LogP contribution < -0.4 is 27.4 Å². The van der Waals surface area contributed by atoms with Gasteiger partial charge in [-0.3, -0.25) is 19.2 Å². The van der Waals surface area contributed by atoms with Crippen molar-refractivity contribution in [1.82, 2.24) is 25.9 Å². The summed E-state index contributed by atoms with van der Waals surface area (Å²) < 4.78 is 0. The van der Waals surface area contributed by atoms with E-state index in [0.29, 0.717) is 5.56 Å². The number of hydrogen-bond acceptors (Lipinski definition) is 6. The van der Waals surface area contributed by atoms with Crippen molar-refractivity contribution in [1.29, 1.82) is 0 Å². The molecule has 0 aliphatic carbocycles. The molecule has 0 bridgehead atoms. The van der Waals surface area contributed by atoms with Gasteiger partial charge in [-0.1, -0.05) is 36.4 Å². The van der Waals surface area contributed by atoms with Gasteiger partial charge in [-0.2, -0.15) is 0 Å². The predicted octanol–water partition coefficient (Wildman–Crippen LogP) is 0.586. The molecular weight excluding hydrogens is 554 g/mol. The van der Waals surface area contributed by atoms with Crippen LogP contribution in [0.3, 0.4) is 0 Å². The zero-order chi connectivity index (χ0) is 31.1. The van der Waals surface area contributed by atoms with E-state index in [1.807, 2.05) is 48.5 Å². The van der Waals surface area contributed by atoms with E-state index in [1.165, 1.54) is 6.92 Å². The number of carbonyl (C=O) groups is 5. The van der Waals surface area contributed by atoms with Gasteiger partial charge >= 0.3 is 5.97 Å². The van der Waals surface area contributed by atoms with E-state index in [1.54, 1.807) is 12.4 Å². The van der Waals surface area contributed by atoms with E-state index < -0.39 is 53.8 Å². The van der Waals surface area contributed by atoms with Crippen molar-refractivity contribution in [3.8, 4) is 0 Å². The maximum Gasteiger partial charge on any atom is 0.326 e. The Morgan fingerprint density at radius 3 is 1.86 bits per heavy atom. The van der Waals surface area contributed by atoms with Crippen LogP contribution >= 0.6 is 0 Å². The number of amides is 4. The number of carboxylic acid groups (broad SMARTS) is 1. The first-order valence-corrected chi connectivity index (χ1v) is 13.8. The normalized spacial score (nSPS) is 14.0. The van der Waals surface area contributed by atoms with Gasteiger partial charge in [0.25, 0.3) is 0 Å².